The fourth-order valence-electron chi connectivity index (χ4n) is 3.11. The number of thioether (sulfide) groups is 1. The Bertz CT molecular complexity index is 1230. The van der Waals surface area contributed by atoms with Crippen LogP contribution in [0.15, 0.2) is 60.3 Å². The van der Waals surface area contributed by atoms with Crippen molar-refractivity contribution in [1.82, 2.24) is 14.8 Å². The number of nitro benzene ring substituents is 1. The predicted molar refractivity (Wildman–Crippen MR) is 129 cm³/mol. The van der Waals surface area contributed by atoms with Gasteiger partial charge in [0.25, 0.3) is 0 Å². The van der Waals surface area contributed by atoms with Gasteiger partial charge in [-0.05, 0) is 38.1 Å². The molecule has 0 saturated heterocycles. The SMILES string of the molecule is C=CCn1c(SC(C)C(=O)Nc2ccc(F)c([N+](=O)[O-])c2)nnc1C(C)Oc1cccc(OC)c1. The second-order valence-electron chi connectivity index (χ2n) is 7.35. The molecule has 184 valence electrons. The van der Waals surface area contributed by atoms with Crippen LogP contribution < -0.4 is 14.8 Å². The number of amides is 1. The number of anilines is 1. The van der Waals surface area contributed by atoms with E-state index in [1.807, 2.05) is 19.1 Å². The second kappa shape index (κ2) is 11.5. The third kappa shape index (κ3) is 6.35. The van der Waals surface area contributed by atoms with Gasteiger partial charge >= 0.3 is 5.69 Å². The van der Waals surface area contributed by atoms with Crippen molar-refractivity contribution in [3.63, 3.8) is 0 Å². The molecular weight excluding hydrogens is 477 g/mol. The third-order valence-corrected chi connectivity index (χ3v) is 5.92. The molecule has 35 heavy (non-hydrogen) atoms. The number of nitrogens with zero attached hydrogens (tertiary/aromatic N) is 4. The van der Waals surface area contributed by atoms with E-state index in [-0.39, 0.29) is 5.69 Å². The van der Waals surface area contributed by atoms with Gasteiger partial charge in [0.2, 0.25) is 11.7 Å². The number of carbonyl (C=O) groups excluding carboxylic acids is 1. The zero-order valence-corrected chi connectivity index (χ0v) is 20.1. The molecule has 0 radical (unpaired) electrons. The summed E-state index contributed by atoms with van der Waals surface area (Å²) in [5.41, 5.74) is -0.604. The van der Waals surface area contributed by atoms with Gasteiger partial charge in [0.15, 0.2) is 17.1 Å². The summed E-state index contributed by atoms with van der Waals surface area (Å²) >= 11 is 1.15. The fraction of sp³-hybridized carbons (Fsp3) is 0.261. The van der Waals surface area contributed by atoms with Crippen LogP contribution in [0.1, 0.15) is 25.8 Å². The Kier molecular flexibility index (Phi) is 8.42. The van der Waals surface area contributed by atoms with Crippen LogP contribution in [0.3, 0.4) is 0 Å². The van der Waals surface area contributed by atoms with Crippen LogP contribution >= 0.6 is 11.8 Å². The minimum absolute atomic E-state index is 0.115. The number of nitro groups is 1. The highest BCUT2D eigenvalue weighted by Gasteiger charge is 2.24. The maximum Gasteiger partial charge on any atom is 0.306 e. The highest BCUT2D eigenvalue weighted by molar-refractivity contribution is 8.00. The van der Waals surface area contributed by atoms with E-state index in [0.29, 0.717) is 29.0 Å². The standard InChI is InChI=1S/C23H24FN5O5S/c1-5-11-28-21(14(2)34-18-8-6-7-17(13-18)33-4)26-27-23(28)35-15(3)22(30)25-16-9-10-19(24)20(12-16)29(31)32/h5-10,12-15H,1,11H2,2-4H3,(H,25,30). The molecule has 10 nitrogen and oxygen atoms in total. The number of allylic oxidation sites excluding steroid dienone is 1. The molecule has 2 aromatic carbocycles. The van der Waals surface area contributed by atoms with E-state index in [9.17, 15) is 19.3 Å². The Morgan fingerprint density at radius 2 is 2.03 bits per heavy atom. The van der Waals surface area contributed by atoms with Gasteiger partial charge in [-0.1, -0.05) is 23.9 Å². The quantitative estimate of drug-likeness (QED) is 0.172. The minimum atomic E-state index is -0.981. The number of halogens is 1. The predicted octanol–water partition coefficient (Wildman–Crippen LogP) is 4.78. The third-order valence-electron chi connectivity index (χ3n) is 4.84. The van der Waals surface area contributed by atoms with E-state index in [2.05, 4.69) is 22.1 Å². The molecule has 0 spiro atoms. The molecule has 0 aliphatic rings. The maximum atomic E-state index is 13.6. The first-order chi connectivity index (χ1) is 16.7. The first kappa shape index (κ1) is 25.7. The van der Waals surface area contributed by atoms with Crippen LogP contribution in [0.2, 0.25) is 0 Å². The lowest BCUT2D eigenvalue weighted by Crippen LogP contribution is -2.23. The monoisotopic (exact) mass is 501 g/mol. The molecule has 2 unspecified atom stereocenters. The zero-order chi connectivity index (χ0) is 25.5. The lowest BCUT2D eigenvalue weighted by Gasteiger charge is -2.17. The average Bonchev–Trinajstić information content (AvgIpc) is 3.22. The highest BCUT2D eigenvalue weighted by Crippen LogP contribution is 2.29. The van der Waals surface area contributed by atoms with Gasteiger partial charge < -0.3 is 14.8 Å². The maximum absolute atomic E-state index is 13.6. The number of hydrogen-bond acceptors (Lipinski definition) is 8. The van der Waals surface area contributed by atoms with E-state index in [4.69, 9.17) is 9.47 Å². The second-order valence-corrected chi connectivity index (χ2v) is 8.66. The molecule has 0 saturated carbocycles. The van der Waals surface area contributed by atoms with E-state index < -0.39 is 33.7 Å². The summed E-state index contributed by atoms with van der Waals surface area (Å²) in [6.45, 7) is 7.64. The summed E-state index contributed by atoms with van der Waals surface area (Å²) in [6, 6.07) is 10.3. The van der Waals surface area contributed by atoms with Gasteiger partial charge in [0, 0.05) is 24.4 Å². The van der Waals surface area contributed by atoms with Crippen molar-refractivity contribution in [2.24, 2.45) is 0 Å². The van der Waals surface area contributed by atoms with Crippen LogP contribution in [0.5, 0.6) is 11.5 Å². The molecule has 1 amide bonds. The Hall–Kier alpha value is -3.93. The summed E-state index contributed by atoms with van der Waals surface area (Å²) in [7, 11) is 1.57. The van der Waals surface area contributed by atoms with E-state index >= 15 is 0 Å². The largest absolute Gasteiger partial charge is 0.497 e. The Morgan fingerprint density at radius 1 is 1.29 bits per heavy atom. The number of hydrogen-bond donors (Lipinski definition) is 1. The Labute approximate surface area is 205 Å². The normalized spacial score (nSPS) is 12.5. The number of methoxy groups -OCH3 is 1. The van der Waals surface area contributed by atoms with Gasteiger partial charge in [-0.25, -0.2) is 0 Å². The zero-order valence-electron chi connectivity index (χ0n) is 19.3. The molecule has 0 fully saturated rings. The number of ether oxygens (including phenoxy) is 2. The molecule has 1 heterocycles. The minimum Gasteiger partial charge on any atom is -0.497 e. The Balaban J connectivity index is 1.73. The highest BCUT2D eigenvalue weighted by atomic mass is 32.2. The van der Waals surface area contributed by atoms with Crippen molar-refractivity contribution in [1.29, 1.82) is 0 Å². The first-order valence-electron chi connectivity index (χ1n) is 10.5. The first-order valence-corrected chi connectivity index (χ1v) is 11.4. The number of rotatable bonds is 11. The van der Waals surface area contributed by atoms with E-state index in [1.54, 1.807) is 36.8 Å². The van der Waals surface area contributed by atoms with Gasteiger partial charge in [-0.3, -0.25) is 19.5 Å². The molecule has 3 aromatic rings. The number of carbonyl (C=O) groups is 1. The van der Waals surface area contributed by atoms with Crippen LogP contribution in [0, 0.1) is 15.9 Å². The molecular formula is C23H24FN5O5S. The summed E-state index contributed by atoms with van der Waals surface area (Å²) in [6.07, 6.45) is 1.21. The summed E-state index contributed by atoms with van der Waals surface area (Å²) < 4.78 is 26.6. The number of nitrogens with one attached hydrogen (secondary N) is 1. The molecule has 2 atom stereocenters. The van der Waals surface area contributed by atoms with Crippen LogP contribution in [-0.4, -0.2) is 38.0 Å². The number of aromatic nitrogens is 3. The van der Waals surface area contributed by atoms with Crippen molar-refractivity contribution in [3.8, 4) is 11.5 Å². The van der Waals surface area contributed by atoms with Crippen LogP contribution in [0.25, 0.3) is 0 Å². The topological polar surface area (TPSA) is 121 Å². The summed E-state index contributed by atoms with van der Waals surface area (Å²) in [5, 5.41) is 21.8. The van der Waals surface area contributed by atoms with Crippen molar-refractivity contribution in [2.75, 3.05) is 12.4 Å². The van der Waals surface area contributed by atoms with Gasteiger partial charge in [-0.15, -0.1) is 16.8 Å². The summed E-state index contributed by atoms with van der Waals surface area (Å²) in [5.74, 6) is 0.374. The van der Waals surface area contributed by atoms with Gasteiger partial charge in [-0.2, -0.15) is 4.39 Å². The fourth-order valence-corrected chi connectivity index (χ4v) is 3.97. The molecule has 0 bridgehead atoms. The van der Waals surface area contributed by atoms with Crippen LogP contribution in [-0.2, 0) is 11.3 Å². The molecule has 0 aliphatic carbocycles. The van der Waals surface area contributed by atoms with Crippen molar-refractivity contribution in [2.45, 2.75) is 36.9 Å². The van der Waals surface area contributed by atoms with E-state index in [0.717, 1.165) is 23.9 Å². The Morgan fingerprint density at radius 3 is 2.71 bits per heavy atom. The lowest BCUT2D eigenvalue weighted by molar-refractivity contribution is -0.387. The smallest absolute Gasteiger partial charge is 0.306 e. The average molecular weight is 502 g/mol. The number of benzene rings is 2. The van der Waals surface area contributed by atoms with Crippen molar-refractivity contribution in [3.05, 3.63) is 76.9 Å². The van der Waals surface area contributed by atoms with Gasteiger partial charge in [0.05, 0.1) is 17.3 Å². The lowest BCUT2D eigenvalue weighted by atomic mass is 10.2. The molecule has 1 aromatic heterocycles. The van der Waals surface area contributed by atoms with Crippen molar-refractivity contribution < 1.29 is 23.6 Å². The van der Waals surface area contributed by atoms with Gasteiger partial charge in [0.1, 0.15) is 11.5 Å². The molecule has 3 rings (SSSR count). The van der Waals surface area contributed by atoms with E-state index in [1.165, 1.54) is 6.07 Å². The molecule has 0 aliphatic heterocycles. The van der Waals surface area contributed by atoms with Crippen LogP contribution in [0.4, 0.5) is 15.8 Å². The van der Waals surface area contributed by atoms with Crippen molar-refractivity contribution >= 4 is 29.0 Å². The summed E-state index contributed by atoms with van der Waals surface area (Å²) in [4.78, 5) is 22.8. The molecule has 1 N–H and O–H groups in total. The molecule has 12 heteroatoms.